The molecular formula is C74H144O17P2. The van der Waals surface area contributed by atoms with Gasteiger partial charge in [0.05, 0.1) is 26.4 Å². The highest BCUT2D eigenvalue weighted by atomic mass is 31.2. The predicted molar refractivity (Wildman–Crippen MR) is 377 cm³/mol. The molecule has 0 saturated carbocycles. The van der Waals surface area contributed by atoms with Crippen molar-refractivity contribution in [1.82, 2.24) is 0 Å². The lowest BCUT2D eigenvalue weighted by Gasteiger charge is -2.21. The van der Waals surface area contributed by atoms with E-state index >= 15 is 0 Å². The molecule has 17 nitrogen and oxygen atoms in total. The summed E-state index contributed by atoms with van der Waals surface area (Å²) in [5.74, 6) is -1.38. The van der Waals surface area contributed by atoms with Gasteiger partial charge in [0.25, 0.3) is 0 Å². The van der Waals surface area contributed by atoms with Crippen LogP contribution in [0.2, 0.25) is 0 Å². The second kappa shape index (κ2) is 67.3. The molecule has 0 amide bonds. The summed E-state index contributed by atoms with van der Waals surface area (Å²) in [4.78, 5) is 72.7. The van der Waals surface area contributed by atoms with Crippen molar-refractivity contribution >= 4 is 39.5 Å². The zero-order valence-corrected chi connectivity index (χ0v) is 62.2. The number of phosphoric ester groups is 2. The second-order valence-corrected chi connectivity index (χ2v) is 30.1. The molecule has 2 unspecified atom stereocenters. The van der Waals surface area contributed by atoms with Crippen molar-refractivity contribution < 1.29 is 80.2 Å². The van der Waals surface area contributed by atoms with Crippen molar-refractivity contribution in [3.8, 4) is 0 Å². The van der Waals surface area contributed by atoms with Crippen LogP contribution in [0.25, 0.3) is 0 Å². The molecule has 0 aliphatic rings. The van der Waals surface area contributed by atoms with Crippen LogP contribution in [0.3, 0.4) is 0 Å². The molecule has 0 spiro atoms. The van der Waals surface area contributed by atoms with E-state index in [0.29, 0.717) is 25.7 Å². The highest BCUT2D eigenvalue weighted by Gasteiger charge is 2.30. The lowest BCUT2D eigenvalue weighted by atomic mass is 10.0. The second-order valence-electron chi connectivity index (χ2n) is 27.2. The van der Waals surface area contributed by atoms with Crippen LogP contribution in [0, 0.1) is 5.92 Å². The van der Waals surface area contributed by atoms with Gasteiger partial charge < -0.3 is 33.8 Å². The maximum Gasteiger partial charge on any atom is 0.472 e. The maximum absolute atomic E-state index is 13.1. The van der Waals surface area contributed by atoms with Gasteiger partial charge in [0.1, 0.15) is 19.3 Å². The summed E-state index contributed by atoms with van der Waals surface area (Å²) in [5, 5.41) is 10.6. The zero-order valence-electron chi connectivity index (χ0n) is 60.4. The van der Waals surface area contributed by atoms with Crippen LogP contribution in [-0.2, 0) is 65.4 Å². The standard InChI is InChI=1S/C74H144O17P2/c1-6-9-12-15-18-21-24-26-28-29-31-34-39-44-49-54-59-73(78)90-69(63-85-72(77)58-53-48-43-38-33-30-27-25-22-19-16-13-10-7-2)65-88-92(80,81)86-61-68(75)62-87-93(82,83)89-66-70(64-84-71(76)57-52-47-42-37-32-23-20-17-14-11-8-3)91-74(79)60-55-50-45-40-35-36-41-46-51-56-67(4)5/h67-70,75H,6-66H2,1-5H3,(H,80,81)(H,82,83)/t68-,69-,70-/m1/s1. The molecule has 552 valence electrons. The van der Waals surface area contributed by atoms with Gasteiger partial charge in [-0.3, -0.25) is 37.3 Å². The molecule has 0 aromatic rings. The van der Waals surface area contributed by atoms with E-state index in [9.17, 15) is 43.2 Å². The third-order valence-corrected chi connectivity index (χ3v) is 19.2. The smallest absolute Gasteiger partial charge is 0.462 e. The van der Waals surface area contributed by atoms with E-state index in [1.165, 1.54) is 212 Å². The average molecular weight is 1370 g/mol. The van der Waals surface area contributed by atoms with Crippen molar-refractivity contribution in [2.45, 2.75) is 406 Å². The topological polar surface area (TPSA) is 237 Å². The third kappa shape index (κ3) is 68.4. The quantitative estimate of drug-likeness (QED) is 0.0222. The van der Waals surface area contributed by atoms with Crippen LogP contribution in [0.5, 0.6) is 0 Å². The molecular weight excluding hydrogens is 1220 g/mol. The van der Waals surface area contributed by atoms with Crippen LogP contribution in [0.4, 0.5) is 0 Å². The first-order chi connectivity index (χ1) is 45.0. The SMILES string of the molecule is CCCCCCCCCCCCCCCCCCC(=O)O[C@H](COC(=O)CCCCCCCCCCCCCCCC)COP(=O)(O)OC[C@@H](O)COP(=O)(O)OC[C@@H](COC(=O)CCCCCCCCCCCCC)OC(=O)CCCCCCCCCCCC(C)C. The van der Waals surface area contributed by atoms with Gasteiger partial charge in [-0.2, -0.15) is 0 Å². The minimum absolute atomic E-state index is 0.106. The molecule has 19 heteroatoms. The van der Waals surface area contributed by atoms with Crippen LogP contribution in [0.15, 0.2) is 0 Å². The Labute approximate surface area is 568 Å². The molecule has 5 atom stereocenters. The van der Waals surface area contributed by atoms with Crippen LogP contribution in [0.1, 0.15) is 388 Å². The summed E-state index contributed by atoms with van der Waals surface area (Å²) in [6.07, 6.45) is 55.3. The Hall–Kier alpha value is -1.94. The minimum Gasteiger partial charge on any atom is -0.462 e. The Bertz CT molecular complexity index is 1790. The van der Waals surface area contributed by atoms with Crippen LogP contribution < -0.4 is 0 Å². The normalized spacial score (nSPS) is 14.0. The van der Waals surface area contributed by atoms with Gasteiger partial charge in [-0.05, 0) is 31.6 Å². The Kier molecular flexibility index (Phi) is 65.9. The molecule has 0 aromatic carbocycles. The number of ether oxygens (including phenoxy) is 4. The highest BCUT2D eigenvalue weighted by molar-refractivity contribution is 7.47. The molecule has 0 saturated heterocycles. The fourth-order valence-electron chi connectivity index (χ4n) is 11.4. The number of carbonyl (C=O) groups excluding carboxylic acids is 4. The Balaban J connectivity index is 5.25. The molecule has 93 heavy (non-hydrogen) atoms. The maximum atomic E-state index is 13.1. The number of aliphatic hydroxyl groups is 1. The zero-order chi connectivity index (χ0) is 68.4. The Morgan fingerprint density at radius 1 is 0.290 bits per heavy atom. The highest BCUT2D eigenvalue weighted by Crippen LogP contribution is 2.45. The fraction of sp³-hybridized carbons (Fsp3) is 0.946. The Morgan fingerprint density at radius 3 is 0.731 bits per heavy atom. The number of carbonyl (C=O) groups is 4. The van der Waals surface area contributed by atoms with Gasteiger partial charge >= 0.3 is 39.5 Å². The van der Waals surface area contributed by atoms with E-state index in [1.54, 1.807) is 0 Å². The molecule has 0 radical (unpaired) electrons. The monoisotopic (exact) mass is 1370 g/mol. The first kappa shape index (κ1) is 91.1. The number of esters is 4. The first-order valence-corrected chi connectivity index (χ1v) is 41.6. The number of unbranched alkanes of at least 4 members (excludes halogenated alkanes) is 46. The summed E-state index contributed by atoms with van der Waals surface area (Å²) in [7, 11) is -9.91. The van der Waals surface area contributed by atoms with Crippen molar-refractivity contribution in [3.05, 3.63) is 0 Å². The van der Waals surface area contributed by atoms with Crippen LogP contribution in [-0.4, -0.2) is 96.7 Å². The number of rotatable bonds is 74. The molecule has 0 aliphatic carbocycles. The van der Waals surface area contributed by atoms with E-state index in [0.717, 1.165) is 95.8 Å². The van der Waals surface area contributed by atoms with Gasteiger partial charge in [-0.15, -0.1) is 0 Å². The molecule has 0 aromatic heterocycles. The molecule has 0 rings (SSSR count). The molecule has 0 aliphatic heterocycles. The van der Waals surface area contributed by atoms with E-state index in [4.69, 9.17) is 37.0 Å². The molecule has 0 fully saturated rings. The van der Waals surface area contributed by atoms with Crippen molar-refractivity contribution in [3.63, 3.8) is 0 Å². The third-order valence-electron chi connectivity index (χ3n) is 17.3. The van der Waals surface area contributed by atoms with Gasteiger partial charge in [0, 0.05) is 25.7 Å². The first-order valence-electron chi connectivity index (χ1n) is 38.6. The fourth-order valence-corrected chi connectivity index (χ4v) is 12.9. The van der Waals surface area contributed by atoms with Gasteiger partial charge in [-0.1, -0.05) is 336 Å². The summed E-state index contributed by atoms with van der Waals surface area (Å²) < 4.78 is 68.5. The molecule has 0 bridgehead atoms. The van der Waals surface area contributed by atoms with E-state index in [-0.39, 0.29) is 25.7 Å². The average Bonchev–Trinajstić information content (AvgIpc) is 1.66. The van der Waals surface area contributed by atoms with Crippen molar-refractivity contribution in [1.29, 1.82) is 0 Å². The summed E-state index contributed by atoms with van der Waals surface area (Å²) >= 11 is 0. The molecule has 0 heterocycles. The van der Waals surface area contributed by atoms with Gasteiger partial charge in [0.15, 0.2) is 12.2 Å². The number of hydrogen-bond donors (Lipinski definition) is 3. The largest absolute Gasteiger partial charge is 0.472 e. The van der Waals surface area contributed by atoms with E-state index < -0.39 is 97.5 Å². The van der Waals surface area contributed by atoms with Gasteiger partial charge in [-0.25, -0.2) is 9.13 Å². The van der Waals surface area contributed by atoms with E-state index in [2.05, 4.69) is 34.6 Å². The predicted octanol–water partition coefficient (Wildman–Crippen LogP) is 21.7. The van der Waals surface area contributed by atoms with Crippen LogP contribution >= 0.6 is 15.6 Å². The number of aliphatic hydroxyl groups excluding tert-OH is 1. The lowest BCUT2D eigenvalue weighted by molar-refractivity contribution is -0.161. The molecule has 3 N–H and O–H groups in total. The minimum atomic E-state index is -4.95. The summed E-state index contributed by atoms with van der Waals surface area (Å²) in [6.45, 7) is 7.26. The van der Waals surface area contributed by atoms with E-state index in [1.807, 2.05) is 0 Å². The number of phosphoric acid groups is 2. The van der Waals surface area contributed by atoms with Gasteiger partial charge in [0.2, 0.25) is 0 Å². The van der Waals surface area contributed by atoms with Crippen molar-refractivity contribution in [2.75, 3.05) is 39.6 Å². The summed E-state index contributed by atoms with van der Waals surface area (Å²) in [6, 6.07) is 0. The van der Waals surface area contributed by atoms with Crippen molar-refractivity contribution in [2.24, 2.45) is 5.92 Å². The summed E-state index contributed by atoms with van der Waals surface area (Å²) in [5.41, 5.74) is 0. The number of hydrogen-bond acceptors (Lipinski definition) is 15. The lowest BCUT2D eigenvalue weighted by Crippen LogP contribution is -2.30. The Morgan fingerprint density at radius 2 is 0.495 bits per heavy atom.